The highest BCUT2D eigenvalue weighted by Gasteiger charge is 2.11. The van der Waals surface area contributed by atoms with Gasteiger partial charge in [0.2, 0.25) is 0 Å². The molecule has 1 nitrogen and oxygen atoms in total. The van der Waals surface area contributed by atoms with E-state index in [2.05, 4.69) is 15.9 Å². The van der Waals surface area contributed by atoms with Crippen molar-refractivity contribution in [2.24, 2.45) is 0 Å². The van der Waals surface area contributed by atoms with Crippen molar-refractivity contribution in [1.29, 1.82) is 0 Å². The average molecular weight is 365 g/mol. The maximum absolute atomic E-state index is 14.2. The van der Waals surface area contributed by atoms with E-state index in [1.807, 2.05) is 19.1 Å². The third-order valence-electron chi connectivity index (χ3n) is 2.98. The summed E-state index contributed by atoms with van der Waals surface area (Å²) in [7, 11) is 0. The van der Waals surface area contributed by atoms with Crippen LogP contribution in [0.2, 0.25) is 0 Å². The Morgan fingerprint density at radius 2 is 1.45 bits per heavy atom. The molecule has 0 fully saturated rings. The van der Waals surface area contributed by atoms with Crippen LogP contribution >= 0.6 is 15.9 Å². The molecule has 0 heterocycles. The van der Waals surface area contributed by atoms with E-state index in [1.165, 1.54) is 24.3 Å². The molecule has 0 aliphatic carbocycles. The van der Waals surface area contributed by atoms with Gasteiger partial charge < -0.3 is 4.74 Å². The summed E-state index contributed by atoms with van der Waals surface area (Å²) >= 11 is 3.26. The number of halogens is 3. The average Bonchev–Trinajstić information content (AvgIpc) is 2.55. The summed E-state index contributed by atoms with van der Waals surface area (Å²) in [5, 5.41) is 0. The second-order valence-corrected chi connectivity index (χ2v) is 5.45. The first-order valence-corrected chi connectivity index (χ1v) is 7.56. The van der Waals surface area contributed by atoms with Crippen LogP contribution in [0, 0.1) is 0 Å². The van der Waals surface area contributed by atoms with E-state index in [4.69, 9.17) is 4.74 Å². The Morgan fingerprint density at radius 3 is 1.95 bits per heavy atom. The standard InChI is InChI=1S/C18H15BrF2O/c1-2-3-12-22-16-10-6-14(7-11-16)18(21)17(20)13-4-8-15(19)9-5-13/h2-11H,12H2,1H3/b3-2?,18-17-. The van der Waals surface area contributed by atoms with Crippen LogP contribution in [0.4, 0.5) is 8.78 Å². The first kappa shape index (κ1) is 16.4. The SMILES string of the molecule is CC=CCOc1ccc(/C(F)=C(/F)c2ccc(Br)cc2)cc1. The minimum absolute atomic E-state index is 0.179. The number of rotatable bonds is 5. The minimum atomic E-state index is -0.887. The summed E-state index contributed by atoms with van der Waals surface area (Å²) in [5.41, 5.74) is 0.382. The molecule has 0 saturated heterocycles. The molecular weight excluding hydrogens is 350 g/mol. The molecular formula is C18H15BrF2O. The second kappa shape index (κ2) is 7.90. The predicted molar refractivity (Wildman–Crippen MR) is 89.9 cm³/mol. The van der Waals surface area contributed by atoms with Gasteiger partial charge in [-0.25, -0.2) is 8.78 Å². The molecule has 2 rings (SSSR count). The van der Waals surface area contributed by atoms with Crippen molar-refractivity contribution in [2.75, 3.05) is 6.61 Å². The van der Waals surface area contributed by atoms with Crippen LogP contribution in [-0.2, 0) is 0 Å². The zero-order chi connectivity index (χ0) is 15.9. The van der Waals surface area contributed by atoms with Crippen molar-refractivity contribution in [3.05, 3.63) is 76.3 Å². The fourth-order valence-electron chi connectivity index (χ4n) is 1.79. The molecule has 0 atom stereocenters. The van der Waals surface area contributed by atoms with Crippen LogP contribution in [0.5, 0.6) is 5.75 Å². The van der Waals surface area contributed by atoms with Gasteiger partial charge in [0.15, 0.2) is 11.7 Å². The second-order valence-electron chi connectivity index (χ2n) is 4.54. The highest BCUT2D eigenvalue weighted by molar-refractivity contribution is 9.10. The molecule has 0 aliphatic heterocycles. The lowest BCUT2D eigenvalue weighted by Gasteiger charge is -2.05. The number of hydrogen-bond donors (Lipinski definition) is 0. The molecule has 0 unspecified atom stereocenters. The zero-order valence-electron chi connectivity index (χ0n) is 12.0. The van der Waals surface area contributed by atoms with E-state index in [-0.39, 0.29) is 11.1 Å². The lowest BCUT2D eigenvalue weighted by Crippen LogP contribution is -1.93. The molecule has 0 spiro atoms. The van der Waals surface area contributed by atoms with Gasteiger partial charge >= 0.3 is 0 Å². The fourth-order valence-corrected chi connectivity index (χ4v) is 2.05. The minimum Gasteiger partial charge on any atom is -0.490 e. The molecule has 114 valence electrons. The van der Waals surface area contributed by atoms with Crippen molar-refractivity contribution in [2.45, 2.75) is 6.92 Å². The van der Waals surface area contributed by atoms with E-state index >= 15 is 0 Å². The Labute approximate surface area is 137 Å². The third kappa shape index (κ3) is 4.28. The Hall–Kier alpha value is -1.94. The Kier molecular flexibility index (Phi) is 5.90. The van der Waals surface area contributed by atoms with E-state index in [0.717, 1.165) is 4.47 Å². The van der Waals surface area contributed by atoms with Crippen LogP contribution < -0.4 is 4.74 Å². The van der Waals surface area contributed by atoms with Crippen LogP contribution in [0.15, 0.2) is 65.2 Å². The Bertz CT molecular complexity index is 673. The molecule has 0 amide bonds. The number of allylic oxidation sites excluding steroid dienone is 1. The van der Waals surface area contributed by atoms with Gasteiger partial charge in [-0.1, -0.05) is 40.2 Å². The molecule has 0 bridgehead atoms. The third-order valence-corrected chi connectivity index (χ3v) is 3.51. The van der Waals surface area contributed by atoms with Gasteiger partial charge in [0.05, 0.1) is 0 Å². The van der Waals surface area contributed by atoms with Crippen LogP contribution in [-0.4, -0.2) is 6.61 Å². The van der Waals surface area contributed by atoms with E-state index in [0.29, 0.717) is 12.4 Å². The maximum Gasteiger partial charge on any atom is 0.166 e. The molecule has 0 aromatic heterocycles. The number of benzene rings is 2. The van der Waals surface area contributed by atoms with Crippen LogP contribution in [0.1, 0.15) is 18.1 Å². The van der Waals surface area contributed by atoms with Gasteiger partial charge in [-0.3, -0.25) is 0 Å². The van der Waals surface area contributed by atoms with E-state index in [1.54, 1.807) is 24.3 Å². The summed E-state index contributed by atoms with van der Waals surface area (Å²) in [6.45, 7) is 2.35. The van der Waals surface area contributed by atoms with Crippen molar-refractivity contribution in [1.82, 2.24) is 0 Å². The Morgan fingerprint density at radius 1 is 0.955 bits per heavy atom. The lowest BCUT2D eigenvalue weighted by molar-refractivity contribution is 0.362. The first-order chi connectivity index (χ1) is 10.6. The molecule has 2 aromatic carbocycles. The smallest absolute Gasteiger partial charge is 0.166 e. The predicted octanol–water partition coefficient (Wildman–Crippen LogP) is 6.17. The van der Waals surface area contributed by atoms with Crippen molar-refractivity contribution >= 4 is 27.6 Å². The summed E-state index contributed by atoms with van der Waals surface area (Å²) in [6.07, 6.45) is 3.74. The van der Waals surface area contributed by atoms with Crippen LogP contribution in [0.3, 0.4) is 0 Å². The maximum atomic E-state index is 14.2. The highest BCUT2D eigenvalue weighted by atomic mass is 79.9. The van der Waals surface area contributed by atoms with Gasteiger partial charge in [-0.15, -0.1) is 0 Å². The van der Waals surface area contributed by atoms with Crippen molar-refractivity contribution < 1.29 is 13.5 Å². The summed E-state index contributed by atoms with van der Waals surface area (Å²) < 4.78 is 34.6. The fraction of sp³-hybridized carbons (Fsp3) is 0.111. The summed E-state index contributed by atoms with van der Waals surface area (Å²) in [4.78, 5) is 0. The molecule has 22 heavy (non-hydrogen) atoms. The molecule has 2 aromatic rings. The van der Waals surface area contributed by atoms with E-state index in [9.17, 15) is 8.78 Å². The molecule has 4 heteroatoms. The van der Waals surface area contributed by atoms with Gasteiger partial charge in [0, 0.05) is 15.6 Å². The normalized spacial score (nSPS) is 12.4. The van der Waals surface area contributed by atoms with Gasteiger partial charge in [-0.05, 0) is 43.3 Å². The lowest BCUT2D eigenvalue weighted by atomic mass is 10.1. The molecule has 0 radical (unpaired) electrons. The molecule has 0 N–H and O–H groups in total. The largest absolute Gasteiger partial charge is 0.490 e. The van der Waals surface area contributed by atoms with Gasteiger partial charge in [-0.2, -0.15) is 0 Å². The Balaban J connectivity index is 2.19. The van der Waals surface area contributed by atoms with Crippen molar-refractivity contribution in [3.8, 4) is 5.75 Å². The van der Waals surface area contributed by atoms with Crippen molar-refractivity contribution in [3.63, 3.8) is 0 Å². The zero-order valence-corrected chi connectivity index (χ0v) is 13.6. The summed E-state index contributed by atoms with van der Waals surface area (Å²) in [5.74, 6) is -1.16. The molecule has 0 saturated carbocycles. The number of ether oxygens (including phenoxy) is 1. The van der Waals surface area contributed by atoms with E-state index < -0.39 is 11.7 Å². The quantitative estimate of drug-likeness (QED) is 0.455. The molecule has 0 aliphatic rings. The summed E-state index contributed by atoms with van der Waals surface area (Å²) in [6, 6.07) is 12.6. The first-order valence-electron chi connectivity index (χ1n) is 6.77. The monoisotopic (exact) mass is 364 g/mol. The van der Waals surface area contributed by atoms with Gasteiger partial charge in [0.1, 0.15) is 12.4 Å². The number of hydrogen-bond acceptors (Lipinski definition) is 1. The van der Waals surface area contributed by atoms with Gasteiger partial charge in [0.25, 0.3) is 0 Å². The topological polar surface area (TPSA) is 9.23 Å². The highest BCUT2D eigenvalue weighted by Crippen LogP contribution is 2.30. The van der Waals surface area contributed by atoms with Crippen LogP contribution in [0.25, 0.3) is 11.7 Å².